The predicted octanol–water partition coefficient (Wildman–Crippen LogP) is 2.31. The third kappa shape index (κ3) is 6.13. The molecule has 3 rings (SSSR count). The summed E-state index contributed by atoms with van der Waals surface area (Å²) in [6.07, 6.45) is -6.97. The lowest BCUT2D eigenvalue weighted by Gasteiger charge is -2.34. The number of fused-ring (bicyclic) bond motifs is 2. The van der Waals surface area contributed by atoms with Gasteiger partial charge in [-0.1, -0.05) is 19.6 Å². The predicted molar refractivity (Wildman–Crippen MR) is 108 cm³/mol. The van der Waals surface area contributed by atoms with Gasteiger partial charge in [0.05, 0.1) is 30.3 Å². The highest BCUT2D eigenvalue weighted by Crippen LogP contribution is 2.42. The highest BCUT2D eigenvalue weighted by Gasteiger charge is 2.53. The summed E-state index contributed by atoms with van der Waals surface area (Å²) in [4.78, 5) is 37.7. The average molecular weight is 482 g/mol. The molecule has 13 heteroatoms. The number of amides is 3. The number of halogens is 3. The van der Waals surface area contributed by atoms with Crippen molar-refractivity contribution >= 4 is 26.0 Å². The summed E-state index contributed by atoms with van der Waals surface area (Å²) in [5, 5.41) is 9.63. The Morgan fingerprint density at radius 2 is 1.69 bits per heavy atom. The van der Waals surface area contributed by atoms with E-state index in [4.69, 9.17) is 4.74 Å². The van der Waals surface area contributed by atoms with Crippen LogP contribution in [0.15, 0.2) is 0 Å². The molecule has 3 amide bonds. The number of hydrogen-bond donors (Lipinski definition) is 3. The zero-order valence-electron chi connectivity index (χ0n) is 18.3. The summed E-state index contributed by atoms with van der Waals surface area (Å²) in [5.74, 6) is -2.19. The van der Waals surface area contributed by atoms with Crippen LogP contribution in [0, 0.1) is 11.8 Å². The number of nitrogens with one attached hydrogen (secondary N) is 2. The smallest absolute Gasteiger partial charge is 0.465 e. The third-order valence-electron chi connectivity index (χ3n) is 6.35. The van der Waals surface area contributed by atoms with Gasteiger partial charge in [0.2, 0.25) is 11.8 Å². The van der Waals surface area contributed by atoms with E-state index >= 15 is 0 Å². The fourth-order valence-electron chi connectivity index (χ4n) is 4.48. The van der Waals surface area contributed by atoms with Gasteiger partial charge < -0.3 is 14.7 Å². The Kier molecular flexibility index (Phi) is 7.10. The zero-order chi connectivity index (χ0) is 23.8. The minimum Gasteiger partial charge on any atom is -0.465 e. The lowest BCUT2D eigenvalue weighted by molar-refractivity contribution is -0.353. The number of hydrogen-bond acceptors (Lipinski definition) is 5. The van der Waals surface area contributed by atoms with Crippen LogP contribution in [-0.4, -0.2) is 73.2 Å². The van der Waals surface area contributed by atoms with Gasteiger partial charge in [-0.2, -0.15) is 0 Å². The molecule has 2 saturated heterocycles. The average Bonchev–Trinajstić information content (AvgIpc) is 3.21. The molecule has 9 nitrogen and oxygen atoms in total. The van der Waals surface area contributed by atoms with Crippen LogP contribution in [0.25, 0.3) is 0 Å². The van der Waals surface area contributed by atoms with E-state index in [2.05, 4.69) is 35.2 Å². The number of rotatable bonds is 7. The summed E-state index contributed by atoms with van der Waals surface area (Å²) in [6, 6.07) is 0.534. The van der Waals surface area contributed by atoms with Crippen LogP contribution in [0.4, 0.5) is 18.0 Å². The Morgan fingerprint density at radius 3 is 2.19 bits per heavy atom. The summed E-state index contributed by atoms with van der Waals surface area (Å²) >= 11 is 0. The number of carboxylic acid groups (broad SMARTS) is 1. The van der Waals surface area contributed by atoms with Gasteiger partial charge in [-0.15, -0.1) is 13.2 Å². The van der Waals surface area contributed by atoms with Crippen LogP contribution >= 0.6 is 0 Å². The Balaban J connectivity index is 1.43. The van der Waals surface area contributed by atoms with Crippen molar-refractivity contribution < 1.29 is 42.1 Å². The molecule has 0 aromatic rings. The molecule has 3 fully saturated rings. The molecular formula is C19H30F3N3O6Si. The van der Waals surface area contributed by atoms with E-state index < -0.39 is 56.4 Å². The van der Waals surface area contributed by atoms with E-state index in [-0.39, 0.29) is 25.0 Å². The molecule has 2 heterocycles. The molecule has 2 bridgehead atoms. The monoisotopic (exact) mass is 481 g/mol. The Bertz CT molecular complexity index is 741. The van der Waals surface area contributed by atoms with Gasteiger partial charge in [0.15, 0.2) is 0 Å². The van der Waals surface area contributed by atoms with Crippen molar-refractivity contribution in [2.75, 3.05) is 6.54 Å². The molecule has 1 saturated carbocycles. The summed E-state index contributed by atoms with van der Waals surface area (Å²) in [5.41, 5.74) is 4.59. The molecule has 182 valence electrons. The molecular weight excluding hydrogens is 451 g/mol. The SMILES string of the molecule is C[Si](C)(C)CCN(C(=O)O)[C@H]1C[C@H]2O[C@@H]1C[C@@H]2C(=O)NNC(=O)C1CC(OC(F)(F)F)C1. The van der Waals surface area contributed by atoms with Crippen LogP contribution in [0.5, 0.6) is 0 Å². The molecule has 3 aliphatic rings. The number of ether oxygens (including phenoxy) is 2. The first kappa shape index (κ1) is 24.8. The molecule has 1 aliphatic carbocycles. The Hall–Kier alpha value is -1.86. The maximum Gasteiger partial charge on any atom is 0.522 e. The van der Waals surface area contributed by atoms with Gasteiger partial charge in [-0.3, -0.25) is 25.2 Å². The molecule has 0 aromatic heterocycles. The minimum atomic E-state index is -4.73. The molecule has 0 radical (unpaired) electrons. The summed E-state index contributed by atoms with van der Waals surface area (Å²) in [7, 11) is -1.43. The number of carbonyl (C=O) groups excluding carboxylic acids is 2. The molecule has 0 unspecified atom stereocenters. The molecule has 0 spiro atoms. The standard InChI is InChI=1S/C19H30F3N3O6Si/c1-32(2,3)5-4-25(18(28)29)13-9-14-12(8-15(13)30-14)17(27)24-23-16(26)10-6-11(7-10)31-19(20,21)22/h10-15H,4-9H2,1-3H3,(H,23,26)(H,24,27)(H,28,29)/t10?,11?,12-,13-,14+,15+/m0/s1. The van der Waals surface area contributed by atoms with Gasteiger partial charge >= 0.3 is 12.5 Å². The van der Waals surface area contributed by atoms with Crippen LogP contribution in [-0.2, 0) is 19.1 Å². The topological polar surface area (TPSA) is 117 Å². The fraction of sp³-hybridized carbons (Fsp3) is 0.842. The second-order valence-electron chi connectivity index (χ2n) is 9.98. The molecule has 4 atom stereocenters. The van der Waals surface area contributed by atoms with Gasteiger partial charge in [-0.25, -0.2) is 4.79 Å². The fourth-order valence-corrected chi connectivity index (χ4v) is 5.39. The largest absolute Gasteiger partial charge is 0.522 e. The van der Waals surface area contributed by atoms with Crippen LogP contribution in [0.1, 0.15) is 25.7 Å². The highest BCUT2D eigenvalue weighted by molar-refractivity contribution is 6.76. The van der Waals surface area contributed by atoms with Crippen molar-refractivity contribution in [2.24, 2.45) is 11.8 Å². The van der Waals surface area contributed by atoms with Gasteiger partial charge in [0.25, 0.3) is 0 Å². The first-order valence-electron chi connectivity index (χ1n) is 10.7. The van der Waals surface area contributed by atoms with Gasteiger partial charge in [0.1, 0.15) is 0 Å². The zero-order valence-corrected chi connectivity index (χ0v) is 19.3. The first-order valence-corrected chi connectivity index (χ1v) is 14.4. The van der Waals surface area contributed by atoms with Crippen molar-refractivity contribution in [3.63, 3.8) is 0 Å². The number of carbonyl (C=O) groups is 3. The van der Waals surface area contributed by atoms with Crippen molar-refractivity contribution in [1.82, 2.24) is 15.8 Å². The number of hydrazine groups is 1. The molecule has 0 aromatic carbocycles. The van der Waals surface area contributed by atoms with E-state index in [1.165, 1.54) is 4.90 Å². The summed E-state index contributed by atoms with van der Waals surface area (Å²) in [6.45, 7) is 6.96. The van der Waals surface area contributed by atoms with Crippen LogP contribution in [0.2, 0.25) is 25.7 Å². The van der Waals surface area contributed by atoms with E-state index in [0.29, 0.717) is 19.4 Å². The van der Waals surface area contributed by atoms with Crippen molar-refractivity contribution in [3.05, 3.63) is 0 Å². The Labute approximate surface area is 185 Å². The maximum atomic E-state index is 12.5. The minimum absolute atomic E-state index is 0.0669. The lowest BCUT2D eigenvalue weighted by atomic mass is 9.82. The number of alkyl halides is 3. The molecule has 2 aliphatic heterocycles. The number of nitrogens with zero attached hydrogens (tertiary/aromatic N) is 1. The maximum absolute atomic E-state index is 12.5. The lowest BCUT2D eigenvalue weighted by Crippen LogP contribution is -2.53. The van der Waals surface area contributed by atoms with Crippen molar-refractivity contribution in [2.45, 2.75) is 82.1 Å². The van der Waals surface area contributed by atoms with Crippen LogP contribution < -0.4 is 10.9 Å². The van der Waals surface area contributed by atoms with Crippen molar-refractivity contribution in [3.8, 4) is 0 Å². The Morgan fingerprint density at radius 1 is 1.06 bits per heavy atom. The van der Waals surface area contributed by atoms with Gasteiger partial charge in [0, 0.05) is 20.5 Å². The van der Waals surface area contributed by atoms with E-state index in [1.54, 1.807) is 0 Å². The molecule has 3 N–H and O–H groups in total. The third-order valence-corrected chi connectivity index (χ3v) is 8.07. The van der Waals surface area contributed by atoms with E-state index in [0.717, 1.165) is 6.04 Å². The second kappa shape index (κ2) is 9.18. The van der Waals surface area contributed by atoms with Crippen molar-refractivity contribution in [1.29, 1.82) is 0 Å². The van der Waals surface area contributed by atoms with E-state index in [9.17, 15) is 32.7 Å². The highest BCUT2D eigenvalue weighted by atomic mass is 28.3. The van der Waals surface area contributed by atoms with Gasteiger partial charge in [-0.05, 0) is 31.7 Å². The summed E-state index contributed by atoms with van der Waals surface area (Å²) < 4.78 is 46.1. The first-order chi connectivity index (χ1) is 14.7. The normalized spacial score (nSPS) is 31.7. The van der Waals surface area contributed by atoms with Crippen LogP contribution in [0.3, 0.4) is 0 Å². The molecule has 32 heavy (non-hydrogen) atoms. The van der Waals surface area contributed by atoms with E-state index in [1.807, 2.05) is 0 Å². The quantitative estimate of drug-likeness (QED) is 0.380. The second-order valence-corrected chi connectivity index (χ2v) is 15.6.